The molecule has 0 bridgehead atoms. The largest absolute Gasteiger partial charge is 0.355 e. The summed E-state index contributed by atoms with van der Waals surface area (Å²) < 4.78 is 42.4. The number of nitrogens with one attached hydrogen (secondary N) is 1. The lowest BCUT2D eigenvalue weighted by Crippen LogP contribution is -2.52. The van der Waals surface area contributed by atoms with Crippen LogP contribution >= 0.6 is 0 Å². The molecule has 2 amide bonds. The van der Waals surface area contributed by atoms with Crippen LogP contribution in [0.2, 0.25) is 0 Å². The van der Waals surface area contributed by atoms with Crippen molar-refractivity contribution in [1.29, 1.82) is 0 Å². The number of carbonyl (C=O) groups excluding carboxylic acids is 2. The second-order valence-corrected chi connectivity index (χ2v) is 10.9. The highest BCUT2D eigenvalue weighted by atomic mass is 32.2. The first-order chi connectivity index (χ1) is 18.1. The van der Waals surface area contributed by atoms with E-state index in [0.29, 0.717) is 29.8 Å². The zero-order valence-electron chi connectivity index (χ0n) is 22.1. The van der Waals surface area contributed by atoms with E-state index < -0.39 is 34.3 Å². The monoisotopic (exact) mass is 539 g/mol. The smallest absolute Gasteiger partial charge is 0.264 e. The number of likely N-dealkylation sites (N-methyl/N-ethyl adjacent to an activating group) is 1. The molecule has 38 heavy (non-hydrogen) atoms. The number of nitrogens with zero attached hydrogens (tertiary/aromatic N) is 2. The van der Waals surface area contributed by atoms with Gasteiger partial charge in [-0.25, -0.2) is 12.8 Å². The molecular formula is C29H34FN3O4S. The van der Waals surface area contributed by atoms with Gasteiger partial charge in [0.25, 0.3) is 10.0 Å². The summed E-state index contributed by atoms with van der Waals surface area (Å²) in [6, 6.07) is 18.2. The molecule has 0 aliphatic heterocycles. The first kappa shape index (κ1) is 28.8. The summed E-state index contributed by atoms with van der Waals surface area (Å²) in [6.45, 7) is 7.08. The number of amides is 2. The number of hydrogen-bond acceptors (Lipinski definition) is 4. The number of aryl methyl sites for hydroxylation is 2. The van der Waals surface area contributed by atoms with E-state index in [1.807, 2.05) is 19.1 Å². The van der Waals surface area contributed by atoms with Crippen molar-refractivity contribution in [3.8, 4) is 0 Å². The van der Waals surface area contributed by atoms with Crippen LogP contribution in [0.4, 0.5) is 10.1 Å². The average Bonchev–Trinajstić information content (AvgIpc) is 2.90. The maximum Gasteiger partial charge on any atom is 0.264 e. The molecule has 0 aromatic heterocycles. The van der Waals surface area contributed by atoms with Gasteiger partial charge in [0.1, 0.15) is 18.4 Å². The highest BCUT2D eigenvalue weighted by Crippen LogP contribution is 2.28. The molecule has 0 radical (unpaired) electrons. The fourth-order valence-electron chi connectivity index (χ4n) is 4.22. The number of rotatable bonds is 11. The van der Waals surface area contributed by atoms with E-state index in [4.69, 9.17) is 0 Å². The summed E-state index contributed by atoms with van der Waals surface area (Å²) in [6.07, 6.45) is 0.313. The van der Waals surface area contributed by atoms with Crippen molar-refractivity contribution in [3.63, 3.8) is 0 Å². The summed E-state index contributed by atoms with van der Waals surface area (Å²) in [4.78, 5) is 28.3. The predicted octanol–water partition coefficient (Wildman–Crippen LogP) is 4.58. The van der Waals surface area contributed by atoms with E-state index in [0.717, 1.165) is 9.87 Å². The van der Waals surface area contributed by atoms with Gasteiger partial charge < -0.3 is 10.2 Å². The Hall–Kier alpha value is -3.72. The number of hydrogen-bond donors (Lipinski definition) is 1. The van der Waals surface area contributed by atoms with Gasteiger partial charge in [-0.05, 0) is 74.2 Å². The third-order valence-corrected chi connectivity index (χ3v) is 8.02. The molecule has 3 aromatic rings. The maximum absolute atomic E-state index is 13.9. The van der Waals surface area contributed by atoms with E-state index in [1.165, 1.54) is 29.2 Å². The van der Waals surface area contributed by atoms with Crippen molar-refractivity contribution in [2.45, 2.75) is 51.6 Å². The van der Waals surface area contributed by atoms with Crippen LogP contribution in [-0.4, -0.2) is 44.3 Å². The second-order valence-electron chi connectivity index (χ2n) is 9.08. The number of carbonyl (C=O) groups is 2. The van der Waals surface area contributed by atoms with Crippen LogP contribution in [0, 0.1) is 19.7 Å². The number of sulfonamides is 1. The van der Waals surface area contributed by atoms with Crippen LogP contribution in [0.3, 0.4) is 0 Å². The fourth-order valence-corrected chi connectivity index (χ4v) is 5.71. The predicted molar refractivity (Wildman–Crippen MR) is 147 cm³/mol. The third-order valence-electron chi connectivity index (χ3n) is 6.25. The summed E-state index contributed by atoms with van der Waals surface area (Å²) in [5.74, 6) is -1.31. The minimum absolute atomic E-state index is 0.0147. The van der Waals surface area contributed by atoms with Crippen molar-refractivity contribution in [1.82, 2.24) is 10.2 Å². The molecule has 0 heterocycles. The first-order valence-electron chi connectivity index (χ1n) is 12.5. The summed E-state index contributed by atoms with van der Waals surface area (Å²) in [5, 5.41) is 2.76. The van der Waals surface area contributed by atoms with E-state index in [1.54, 1.807) is 57.2 Å². The quantitative estimate of drug-likeness (QED) is 0.387. The Bertz CT molecular complexity index is 1360. The van der Waals surface area contributed by atoms with Gasteiger partial charge in [-0.15, -0.1) is 0 Å². The lowest BCUT2D eigenvalue weighted by molar-refractivity contribution is -0.140. The van der Waals surface area contributed by atoms with Crippen molar-refractivity contribution < 1.29 is 22.4 Å². The van der Waals surface area contributed by atoms with Gasteiger partial charge >= 0.3 is 0 Å². The van der Waals surface area contributed by atoms with Crippen LogP contribution in [0.25, 0.3) is 0 Å². The summed E-state index contributed by atoms with van der Waals surface area (Å²) in [5.41, 5.74) is 2.52. The van der Waals surface area contributed by atoms with E-state index >= 15 is 0 Å². The Balaban J connectivity index is 2.08. The highest BCUT2D eigenvalue weighted by Gasteiger charge is 2.34. The standard InChI is InChI=1S/C29H34FN3O4S/c1-5-26(29(35)31-6-2)32(19-23-14-16-24(30)17-15-23)28(34)20-33(27-18-21(3)12-13-22(27)4)38(36,37)25-10-8-7-9-11-25/h7-18,26H,5-6,19-20H2,1-4H3,(H,31,35)/t26-/m1/s1. The van der Waals surface area contributed by atoms with Crippen molar-refractivity contribution >= 4 is 27.5 Å². The van der Waals surface area contributed by atoms with Gasteiger partial charge in [0.2, 0.25) is 11.8 Å². The van der Waals surface area contributed by atoms with Gasteiger partial charge in [-0.3, -0.25) is 13.9 Å². The van der Waals surface area contributed by atoms with Gasteiger partial charge in [-0.2, -0.15) is 0 Å². The Labute approximate surface area is 224 Å². The number of benzene rings is 3. The molecule has 0 aliphatic rings. The molecule has 1 atom stereocenters. The molecular weight excluding hydrogens is 505 g/mol. The Morgan fingerprint density at radius 1 is 0.947 bits per heavy atom. The van der Waals surface area contributed by atoms with Gasteiger partial charge in [0.15, 0.2) is 0 Å². The molecule has 0 saturated carbocycles. The molecule has 9 heteroatoms. The minimum Gasteiger partial charge on any atom is -0.355 e. The highest BCUT2D eigenvalue weighted by molar-refractivity contribution is 7.92. The number of halogens is 1. The molecule has 1 N–H and O–H groups in total. The molecule has 7 nitrogen and oxygen atoms in total. The van der Waals surface area contributed by atoms with Crippen molar-refractivity contribution in [2.75, 3.05) is 17.4 Å². The molecule has 0 aliphatic carbocycles. The topological polar surface area (TPSA) is 86.8 Å². The van der Waals surface area contributed by atoms with Crippen LogP contribution in [0.5, 0.6) is 0 Å². The number of anilines is 1. The first-order valence-corrected chi connectivity index (χ1v) is 14.0. The molecule has 0 spiro atoms. The Morgan fingerprint density at radius 2 is 1.61 bits per heavy atom. The van der Waals surface area contributed by atoms with Crippen molar-refractivity contribution in [3.05, 3.63) is 95.3 Å². The molecule has 0 unspecified atom stereocenters. The van der Waals surface area contributed by atoms with Crippen LogP contribution in [0.15, 0.2) is 77.7 Å². The van der Waals surface area contributed by atoms with Gasteiger partial charge in [-0.1, -0.05) is 49.4 Å². The fraction of sp³-hybridized carbons (Fsp3) is 0.310. The van der Waals surface area contributed by atoms with Gasteiger partial charge in [0.05, 0.1) is 10.6 Å². The van der Waals surface area contributed by atoms with E-state index in [2.05, 4.69) is 5.32 Å². The van der Waals surface area contributed by atoms with Crippen LogP contribution in [-0.2, 0) is 26.2 Å². The lowest BCUT2D eigenvalue weighted by atomic mass is 10.1. The molecule has 0 fully saturated rings. The summed E-state index contributed by atoms with van der Waals surface area (Å²) in [7, 11) is -4.13. The second kappa shape index (κ2) is 12.7. The third kappa shape index (κ3) is 6.77. The SMILES string of the molecule is CCNC(=O)[C@@H](CC)N(Cc1ccc(F)cc1)C(=O)CN(c1cc(C)ccc1C)S(=O)(=O)c1ccccc1. The summed E-state index contributed by atoms with van der Waals surface area (Å²) >= 11 is 0. The Morgan fingerprint density at radius 3 is 2.21 bits per heavy atom. The zero-order valence-corrected chi connectivity index (χ0v) is 23.0. The maximum atomic E-state index is 13.9. The Kier molecular flexibility index (Phi) is 9.63. The zero-order chi connectivity index (χ0) is 27.9. The van der Waals surface area contributed by atoms with E-state index in [9.17, 15) is 22.4 Å². The average molecular weight is 540 g/mol. The lowest BCUT2D eigenvalue weighted by Gasteiger charge is -2.33. The molecule has 0 saturated heterocycles. The normalized spacial score (nSPS) is 12.0. The van der Waals surface area contributed by atoms with Crippen molar-refractivity contribution in [2.24, 2.45) is 0 Å². The minimum atomic E-state index is -4.13. The van der Waals surface area contributed by atoms with E-state index in [-0.39, 0.29) is 17.3 Å². The van der Waals surface area contributed by atoms with Gasteiger partial charge in [0, 0.05) is 13.1 Å². The molecule has 3 rings (SSSR count). The molecule has 3 aromatic carbocycles. The molecule has 202 valence electrons. The van der Waals surface area contributed by atoms with Crippen LogP contribution in [0.1, 0.15) is 37.0 Å². The van der Waals surface area contributed by atoms with Crippen LogP contribution < -0.4 is 9.62 Å².